The second-order valence-electron chi connectivity index (χ2n) is 9.53. The third kappa shape index (κ3) is 6.02. The van der Waals surface area contributed by atoms with Crippen molar-refractivity contribution in [2.24, 2.45) is 5.92 Å². The van der Waals surface area contributed by atoms with Crippen molar-refractivity contribution < 1.29 is 37.2 Å². The van der Waals surface area contributed by atoms with Crippen LogP contribution in [0.15, 0.2) is 63.6 Å². The molecule has 0 saturated carbocycles. The molecule has 0 bridgehead atoms. The summed E-state index contributed by atoms with van der Waals surface area (Å²) >= 11 is 0. The van der Waals surface area contributed by atoms with Gasteiger partial charge in [0, 0.05) is 30.6 Å². The number of rotatable bonds is 8. The molecule has 5 rings (SSSR count). The van der Waals surface area contributed by atoms with Gasteiger partial charge in [0.2, 0.25) is 5.82 Å². The monoisotopic (exact) mass is 542 g/mol. The number of alkyl halides is 3. The summed E-state index contributed by atoms with van der Waals surface area (Å²) in [6, 6.07) is 14.5. The van der Waals surface area contributed by atoms with E-state index < -0.39 is 41.2 Å². The van der Waals surface area contributed by atoms with Crippen LogP contribution in [0.1, 0.15) is 36.5 Å². The Bertz CT molecular complexity index is 1420. The topological polar surface area (TPSA) is 126 Å². The molecule has 0 amide bonds. The van der Waals surface area contributed by atoms with Gasteiger partial charge in [-0.05, 0) is 30.9 Å². The van der Waals surface area contributed by atoms with Gasteiger partial charge in [-0.3, -0.25) is 4.79 Å². The third-order valence-electron chi connectivity index (χ3n) is 6.69. The molecule has 0 spiro atoms. The first-order chi connectivity index (χ1) is 18.7. The van der Waals surface area contributed by atoms with Crippen LogP contribution in [0.25, 0.3) is 34.3 Å². The van der Waals surface area contributed by atoms with Crippen LogP contribution in [0, 0.1) is 5.92 Å². The van der Waals surface area contributed by atoms with Crippen molar-refractivity contribution >= 4 is 5.97 Å². The fourth-order valence-corrected chi connectivity index (χ4v) is 4.86. The largest absolute Gasteiger partial charge is 0.481 e. The maximum Gasteiger partial charge on any atom is 0.422 e. The van der Waals surface area contributed by atoms with Crippen LogP contribution < -0.4 is 0 Å². The number of benzene rings is 2. The fraction of sp³-hybridized carbons (Fsp3) is 0.333. The number of carbonyl (C=O) groups is 1. The van der Waals surface area contributed by atoms with Gasteiger partial charge in [0.05, 0.1) is 6.10 Å². The molecule has 2 N–H and O–H groups in total. The number of carboxylic acids is 1. The lowest BCUT2D eigenvalue weighted by atomic mass is 9.94. The van der Waals surface area contributed by atoms with Gasteiger partial charge in [-0.25, -0.2) is 0 Å². The number of likely N-dealkylation sites (tertiary alicyclic amines) is 1. The van der Waals surface area contributed by atoms with Crippen LogP contribution in [-0.2, 0) is 11.0 Å². The molecule has 1 saturated heterocycles. The zero-order valence-corrected chi connectivity index (χ0v) is 20.6. The van der Waals surface area contributed by atoms with Gasteiger partial charge in [-0.2, -0.15) is 18.2 Å². The minimum Gasteiger partial charge on any atom is -0.481 e. The highest BCUT2D eigenvalue weighted by Gasteiger charge is 2.42. The van der Waals surface area contributed by atoms with Crippen molar-refractivity contribution in [1.29, 1.82) is 0 Å². The zero-order chi connectivity index (χ0) is 27.6. The molecule has 0 aliphatic carbocycles. The normalized spacial score (nSPS) is 17.3. The maximum absolute atomic E-state index is 14.0. The van der Waals surface area contributed by atoms with Crippen molar-refractivity contribution in [2.45, 2.75) is 31.5 Å². The van der Waals surface area contributed by atoms with Crippen molar-refractivity contribution in [3.63, 3.8) is 0 Å². The fourth-order valence-electron chi connectivity index (χ4n) is 4.86. The summed E-state index contributed by atoms with van der Waals surface area (Å²) < 4.78 is 52.1. The molecule has 1 aliphatic rings. The van der Waals surface area contributed by atoms with Crippen LogP contribution >= 0.6 is 0 Å². The second kappa shape index (κ2) is 11.0. The summed E-state index contributed by atoms with van der Waals surface area (Å²) in [6.07, 6.45) is -3.75. The molecule has 12 heteroatoms. The van der Waals surface area contributed by atoms with Crippen molar-refractivity contribution in [2.75, 3.05) is 19.6 Å². The van der Waals surface area contributed by atoms with Gasteiger partial charge >= 0.3 is 12.1 Å². The number of β-amino-alcohol motifs (C(OH)–C–C–N with tert-alkyl or cyclic N) is 1. The Morgan fingerprint density at radius 2 is 1.79 bits per heavy atom. The average molecular weight is 543 g/mol. The van der Waals surface area contributed by atoms with Gasteiger partial charge in [0.1, 0.15) is 5.56 Å². The summed E-state index contributed by atoms with van der Waals surface area (Å²) in [5, 5.41) is 27.2. The lowest BCUT2D eigenvalue weighted by Gasteiger charge is -2.33. The summed E-state index contributed by atoms with van der Waals surface area (Å²) in [4.78, 5) is 17.2. The number of hydrogen-bond donors (Lipinski definition) is 2. The highest BCUT2D eigenvalue weighted by Crippen LogP contribution is 2.43. The molecular weight excluding hydrogens is 517 g/mol. The number of aliphatic hydroxyl groups is 1. The summed E-state index contributed by atoms with van der Waals surface area (Å²) in [7, 11) is 0. The van der Waals surface area contributed by atoms with E-state index in [0.29, 0.717) is 24.2 Å². The van der Waals surface area contributed by atoms with Gasteiger partial charge in [-0.15, -0.1) is 0 Å². The van der Waals surface area contributed by atoms with Crippen LogP contribution in [-0.4, -0.2) is 56.0 Å². The van der Waals surface area contributed by atoms with Crippen molar-refractivity contribution in [1.82, 2.24) is 20.2 Å². The van der Waals surface area contributed by atoms with E-state index in [-0.39, 0.29) is 23.7 Å². The Kier molecular flexibility index (Phi) is 7.49. The summed E-state index contributed by atoms with van der Waals surface area (Å²) in [6.45, 7) is 1.75. The van der Waals surface area contributed by atoms with Crippen molar-refractivity contribution in [3.05, 3.63) is 65.7 Å². The first kappa shape index (κ1) is 26.6. The van der Waals surface area contributed by atoms with E-state index in [2.05, 4.69) is 20.2 Å². The van der Waals surface area contributed by atoms with Crippen molar-refractivity contribution in [3.8, 4) is 34.3 Å². The van der Waals surface area contributed by atoms with Gasteiger partial charge in [0.25, 0.3) is 5.89 Å². The number of nitrogens with zero attached hydrogens (tertiary/aromatic N) is 4. The lowest BCUT2D eigenvalue weighted by molar-refractivity contribution is -0.139. The maximum atomic E-state index is 14.0. The molecule has 2 atom stereocenters. The first-order valence-electron chi connectivity index (χ1n) is 12.4. The number of carboxylic acid groups (broad SMARTS) is 1. The molecule has 9 nitrogen and oxygen atoms in total. The van der Waals surface area contributed by atoms with Crippen LogP contribution in [0.2, 0.25) is 0 Å². The van der Waals surface area contributed by atoms with Gasteiger partial charge in [-0.1, -0.05) is 64.9 Å². The van der Waals surface area contributed by atoms with E-state index >= 15 is 0 Å². The summed E-state index contributed by atoms with van der Waals surface area (Å²) in [5.41, 5.74) is -0.396. The molecule has 4 aromatic rings. The number of hydrogen-bond acceptors (Lipinski definition) is 8. The lowest BCUT2D eigenvalue weighted by Crippen LogP contribution is -2.38. The molecule has 1 unspecified atom stereocenters. The number of piperidine rings is 1. The minimum atomic E-state index is -4.78. The molecule has 3 heterocycles. The standard InChI is InChI=1S/C27H25F3N4O5/c28-27(29,30)22-23(32-38-24(22)18-6-2-1-3-7-18)26-31-25(33-39-26)19-10-8-17(9-11-19)20(35)15-34-12-4-5-16(14-34)13-21(36)37/h1-3,6-11,16,20,35H,4-5,12-15H2,(H,36,37)/t16-,20?/m1/s1. The van der Waals surface area contributed by atoms with Crippen LogP contribution in [0.5, 0.6) is 0 Å². The number of aliphatic carboxylic acids is 1. The molecule has 2 aromatic carbocycles. The van der Waals surface area contributed by atoms with E-state index in [9.17, 15) is 23.1 Å². The number of aromatic nitrogens is 3. The SMILES string of the molecule is O=C(O)C[C@H]1CCCN(CC(O)c2ccc(-c3noc(-c4noc(-c5ccccc5)c4C(F)(F)F)n3)cc2)C1. The molecule has 1 aliphatic heterocycles. The van der Waals surface area contributed by atoms with E-state index in [1.54, 1.807) is 42.5 Å². The average Bonchev–Trinajstić information content (AvgIpc) is 3.57. The van der Waals surface area contributed by atoms with E-state index in [0.717, 1.165) is 19.4 Å². The number of aliphatic hydroxyl groups excluding tert-OH is 1. The Labute approximate surface area is 220 Å². The van der Waals surface area contributed by atoms with Crippen LogP contribution in [0.4, 0.5) is 13.2 Å². The number of halogens is 3. The minimum absolute atomic E-state index is 0.0518. The van der Waals surface area contributed by atoms with E-state index in [4.69, 9.17) is 14.2 Å². The Balaban J connectivity index is 1.31. The van der Waals surface area contributed by atoms with Gasteiger partial charge < -0.3 is 24.2 Å². The molecular formula is C27H25F3N4O5. The van der Waals surface area contributed by atoms with E-state index in [1.807, 2.05) is 0 Å². The first-order valence-corrected chi connectivity index (χ1v) is 12.4. The highest BCUT2D eigenvalue weighted by atomic mass is 19.4. The molecule has 2 aromatic heterocycles. The predicted octanol–water partition coefficient (Wildman–Crippen LogP) is 5.30. The molecule has 204 valence electrons. The predicted molar refractivity (Wildman–Crippen MR) is 132 cm³/mol. The molecule has 39 heavy (non-hydrogen) atoms. The molecule has 0 radical (unpaired) electrons. The second-order valence-corrected chi connectivity index (χ2v) is 9.53. The zero-order valence-electron chi connectivity index (χ0n) is 20.6. The van der Waals surface area contributed by atoms with Gasteiger partial charge in [0.15, 0.2) is 11.5 Å². The molecule has 1 fully saturated rings. The third-order valence-corrected chi connectivity index (χ3v) is 6.69. The summed E-state index contributed by atoms with van der Waals surface area (Å²) in [5.74, 6) is -1.59. The highest BCUT2D eigenvalue weighted by molar-refractivity contribution is 5.70. The van der Waals surface area contributed by atoms with E-state index in [1.165, 1.54) is 12.1 Å². The smallest absolute Gasteiger partial charge is 0.422 e. The quantitative estimate of drug-likeness (QED) is 0.305. The Hall–Kier alpha value is -4.03. The Morgan fingerprint density at radius 3 is 2.49 bits per heavy atom. The van der Waals surface area contributed by atoms with Crippen LogP contribution in [0.3, 0.4) is 0 Å². The Morgan fingerprint density at radius 1 is 1.05 bits per heavy atom.